The Morgan fingerprint density at radius 2 is 1.24 bits per heavy atom. The van der Waals surface area contributed by atoms with Gasteiger partial charge < -0.3 is 101 Å². The average Bonchev–Trinajstić information content (AvgIpc) is 4.36. The van der Waals surface area contributed by atoms with Crippen molar-refractivity contribution in [1.29, 1.82) is 0 Å². The van der Waals surface area contributed by atoms with Crippen LogP contribution in [0.25, 0.3) is 10.9 Å². The fraction of sp³-hybridized carbons (Fsp3) is 0.604. The summed E-state index contributed by atoms with van der Waals surface area (Å²) in [6.45, 7) is 2.63. The number of aromatic nitrogens is 1. The van der Waals surface area contributed by atoms with Gasteiger partial charge in [-0.15, -0.1) is 0 Å². The minimum atomic E-state index is -5.18. The molecule has 1 aliphatic heterocycles. The lowest BCUT2D eigenvalue weighted by molar-refractivity contribution is -0.173. The number of hydrogen-bond donors (Lipinski definition) is 18. The van der Waals surface area contributed by atoms with Crippen LogP contribution >= 0.6 is 0 Å². The molecular formula is C53H81F3N16O16. The summed E-state index contributed by atoms with van der Waals surface area (Å²) >= 11 is 0. The number of carbonyl (C=O) groups excluding carboxylic acids is 11. The van der Waals surface area contributed by atoms with Crippen LogP contribution in [0.1, 0.15) is 91.0 Å². The highest BCUT2D eigenvalue weighted by Gasteiger charge is 2.42. The molecule has 0 radical (unpaired) electrons. The van der Waals surface area contributed by atoms with Crippen LogP contribution in [0, 0.1) is 5.92 Å². The van der Waals surface area contributed by atoms with Crippen molar-refractivity contribution < 1.29 is 91.1 Å². The monoisotopic (exact) mass is 1250 g/mol. The lowest BCUT2D eigenvalue weighted by Crippen LogP contribution is -2.62. The third-order valence-electron chi connectivity index (χ3n) is 14.1. The quantitative estimate of drug-likeness (QED) is 0.0172. The number of aromatic amines is 1. The number of amides is 11. The van der Waals surface area contributed by atoms with Crippen LogP contribution in [0.4, 0.5) is 13.2 Å². The summed E-state index contributed by atoms with van der Waals surface area (Å²) in [6.07, 6.45) is -6.75. The number of unbranched alkanes of at least 4 members (excludes halogenated alkanes) is 1. The second-order valence-corrected chi connectivity index (χ2v) is 21.1. The van der Waals surface area contributed by atoms with Gasteiger partial charge in [-0.2, -0.15) is 13.2 Å². The number of alkyl halides is 3. The Balaban J connectivity index is 1.92. The summed E-state index contributed by atoms with van der Waals surface area (Å²) in [7, 11) is 0. The first-order valence-corrected chi connectivity index (χ1v) is 28.2. The molecule has 1 saturated heterocycles. The van der Waals surface area contributed by atoms with Crippen molar-refractivity contribution in [3.8, 4) is 0 Å². The Bertz CT molecular complexity index is 2820. The summed E-state index contributed by atoms with van der Waals surface area (Å²) in [6, 6.07) is -9.12. The molecule has 0 saturated carbocycles. The Morgan fingerprint density at radius 1 is 0.705 bits per heavy atom. The highest BCUT2D eigenvalue weighted by molar-refractivity contribution is 6.00. The molecule has 3 rings (SSSR count). The van der Waals surface area contributed by atoms with Gasteiger partial charge in [-0.25, -0.2) is 4.79 Å². The molecular weight excluding hydrogens is 1170 g/mol. The summed E-state index contributed by atoms with van der Waals surface area (Å²) in [4.78, 5) is 168. The number of nitrogens with one attached hydrogen (secondary N) is 10. The average molecular weight is 1260 g/mol. The summed E-state index contributed by atoms with van der Waals surface area (Å²) in [5, 5.41) is 62.2. The fourth-order valence-electron chi connectivity index (χ4n) is 9.08. The van der Waals surface area contributed by atoms with E-state index in [0.29, 0.717) is 16.5 Å². The van der Waals surface area contributed by atoms with Gasteiger partial charge in [-0.1, -0.05) is 38.5 Å². The number of likely N-dealkylation sites (tertiary alicyclic amines) is 1. The summed E-state index contributed by atoms with van der Waals surface area (Å²) < 4.78 is 38.2. The number of carboxylic acid groups (broad SMARTS) is 1. The van der Waals surface area contributed by atoms with Crippen molar-refractivity contribution in [3.05, 3.63) is 36.0 Å². The van der Waals surface area contributed by atoms with Gasteiger partial charge in [0.25, 0.3) is 0 Å². The Labute approximate surface area is 502 Å². The number of H-pyrrole nitrogens is 1. The van der Waals surface area contributed by atoms with Crippen molar-refractivity contribution >= 4 is 87.8 Å². The number of carboxylic acids is 1. The number of guanidine groups is 1. The van der Waals surface area contributed by atoms with E-state index in [2.05, 4.69) is 52.5 Å². The molecule has 0 spiro atoms. The second kappa shape index (κ2) is 35.2. The molecule has 12 atom stereocenters. The number of hydrogen-bond acceptors (Lipinski definition) is 17. The largest absolute Gasteiger partial charge is 0.480 e. The van der Waals surface area contributed by atoms with Gasteiger partial charge in [-0.3, -0.25) is 57.7 Å². The van der Waals surface area contributed by atoms with Gasteiger partial charge in [0, 0.05) is 43.2 Å². The van der Waals surface area contributed by atoms with Gasteiger partial charge in [0.2, 0.25) is 59.1 Å². The van der Waals surface area contributed by atoms with E-state index in [1.165, 1.54) is 13.8 Å². The van der Waals surface area contributed by atoms with Crippen LogP contribution in [0.15, 0.2) is 35.5 Å². The standard InChI is InChI=1S/C53H81F3N16O16/c1-5-25(2)39(50(86)87)70-43(79)31(14-8-9-17-61-51(88)53(54,55)56)64-46(82)36(24-74)69-48(84)40(27(4)75)71-47(83)37-16-11-19-72(37)49(85)34(20-28-22-63-30-13-7-6-12-29(28)30)67-42(78)32(15-10-18-62-52(59)60)65-45(81)35(23-73)68-44(80)33(21-38(58)76)66-41(77)26(3)57/h6-7,12-13,22,25-27,31-37,39-40,63,73-75H,5,8-11,14-21,23-24,57H2,1-4H3,(H2,58,76)(H,61,88)(H,64,82)(H,65,81)(H,66,77)(H,67,78)(H,68,80)(H,69,84)(H,70,79)(H,71,83)(H,86,87)(H4,59,60,62)/t25-,26-,27+,31-,32-,33-,34-,35-,36-,37-,39-,40-/m0/s1. The van der Waals surface area contributed by atoms with Crippen LogP contribution in [-0.4, -0.2) is 213 Å². The predicted octanol–water partition coefficient (Wildman–Crippen LogP) is -5.80. The van der Waals surface area contributed by atoms with Crippen molar-refractivity contribution in [1.82, 2.24) is 57.7 Å². The molecule has 0 aliphatic carbocycles. The summed E-state index contributed by atoms with van der Waals surface area (Å²) in [5.74, 6) is -15.2. The topological polar surface area (TPSA) is 529 Å². The zero-order valence-corrected chi connectivity index (χ0v) is 48.9. The number of aliphatic hydroxyl groups is 3. The normalized spacial score (nSPS) is 16.9. The highest BCUT2D eigenvalue weighted by Crippen LogP contribution is 2.24. The number of fused-ring (bicyclic) bond motifs is 1. The first kappa shape index (κ1) is 73.6. The third kappa shape index (κ3) is 22.9. The number of aliphatic imine (C=N–C) groups is 1. The number of carbonyl (C=O) groups is 12. The number of halogens is 3. The minimum Gasteiger partial charge on any atom is -0.480 e. The minimum absolute atomic E-state index is 0.0149. The van der Waals surface area contributed by atoms with E-state index in [1.807, 2.05) is 0 Å². The molecule has 490 valence electrons. The van der Waals surface area contributed by atoms with E-state index in [9.17, 15) is 91.1 Å². The van der Waals surface area contributed by atoms with Gasteiger partial charge in [0.1, 0.15) is 54.4 Å². The molecule has 2 aromatic rings. The van der Waals surface area contributed by atoms with E-state index in [4.69, 9.17) is 22.9 Å². The number of nitrogens with two attached hydrogens (primary N) is 4. The van der Waals surface area contributed by atoms with E-state index < -0.39 is 176 Å². The van der Waals surface area contributed by atoms with Crippen LogP contribution < -0.4 is 70.8 Å². The Hall–Kier alpha value is -8.70. The second-order valence-electron chi connectivity index (χ2n) is 21.1. The maximum atomic E-state index is 14.9. The third-order valence-corrected chi connectivity index (χ3v) is 14.1. The molecule has 32 nitrogen and oxygen atoms in total. The molecule has 35 heteroatoms. The van der Waals surface area contributed by atoms with Crippen LogP contribution in [0.5, 0.6) is 0 Å². The number of aliphatic hydroxyl groups excluding tert-OH is 3. The van der Waals surface area contributed by atoms with Crippen molar-refractivity contribution in [2.45, 2.75) is 165 Å². The zero-order valence-electron chi connectivity index (χ0n) is 48.9. The van der Waals surface area contributed by atoms with Crippen molar-refractivity contribution in [2.24, 2.45) is 33.8 Å². The van der Waals surface area contributed by atoms with Crippen LogP contribution in [-0.2, 0) is 64.0 Å². The number of nitrogens with zero attached hydrogens (tertiary/aromatic N) is 2. The number of aliphatic carboxylic acids is 1. The number of primary amides is 1. The van der Waals surface area contributed by atoms with Crippen molar-refractivity contribution in [2.75, 3.05) is 32.8 Å². The maximum absolute atomic E-state index is 14.9. The van der Waals surface area contributed by atoms with Crippen LogP contribution in [0.2, 0.25) is 0 Å². The molecule has 1 aliphatic rings. The van der Waals surface area contributed by atoms with Gasteiger partial charge in [0.15, 0.2) is 5.96 Å². The van der Waals surface area contributed by atoms with Gasteiger partial charge in [0.05, 0.1) is 31.8 Å². The zero-order chi connectivity index (χ0) is 66.2. The predicted molar refractivity (Wildman–Crippen MR) is 305 cm³/mol. The summed E-state index contributed by atoms with van der Waals surface area (Å²) in [5.41, 5.74) is 23.0. The first-order chi connectivity index (χ1) is 41.3. The van der Waals surface area contributed by atoms with E-state index in [0.717, 1.165) is 11.8 Å². The number of benzene rings is 1. The molecule has 0 bridgehead atoms. The van der Waals surface area contributed by atoms with Crippen LogP contribution in [0.3, 0.4) is 0 Å². The molecule has 11 amide bonds. The van der Waals surface area contributed by atoms with E-state index in [-0.39, 0.29) is 76.8 Å². The smallest absolute Gasteiger partial charge is 0.471 e. The number of para-hydroxylation sites is 1. The lowest BCUT2D eigenvalue weighted by atomic mass is 9.98. The lowest BCUT2D eigenvalue weighted by Gasteiger charge is -2.31. The first-order valence-electron chi connectivity index (χ1n) is 28.2. The maximum Gasteiger partial charge on any atom is 0.471 e. The molecule has 22 N–H and O–H groups in total. The molecule has 1 aromatic heterocycles. The highest BCUT2D eigenvalue weighted by atomic mass is 19.4. The SMILES string of the molecule is CC[C@H](C)[C@H](NC(=O)[C@H](CCCCNC(=O)C(F)(F)F)NC(=O)[C@H](CO)NC(=O)[C@@H](NC(=O)[C@@H]1CCCN1C(=O)[C@H](Cc1c[nH]c2ccccc12)NC(=O)[C@H](CCCN=C(N)N)NC(=O)[C@H](CO)NC(=O)[C@H](CC(N)=O)NC(=O)[C@H](C)N)[C@@H](C)O)C(=O)O. The van der Waals surface area contributed by atoms with E-state index in [1.54, 1.807) is 42.7 Å². The molecule has 1 aromatic carbocycles. The van der Waals surface area contributed by atoms with Gasteiger partial charge in [-0.05, 0) is 76.3 Å². The van der Waals surface area contributed by atoms with Crippen molar-refractivity contribution in [3.63, 3.8) is 0 Å². The molecule has 0 unspecified atom stereocenters. The van der Waals surface area contributed by atoms with Gasteiger partial charge >= 0.3 is 18.1 Å². The molecule has 2 heterocycles. The Kier molecular flexibility index (Phi) is 29.4. The Morgan fingerprint density at radius 3 is 1.78 bits per heavy atom. The number of rotatable bonds is 36. The van der Waals surface area contributed by atoms with E-state index >= 15 is 0 Å². The fourth-order valence-corrected chi connectivity index (χ4v) is 9.08. The molecule has 88 heavy (non-hydrogen) atoms. The molecule has 1 fully saturated rings.